The fraction of sp³-hybridized carbons (Fsp3) is 0.850. The number of hydrogen-bond acceptors (Lipinski definition) is 6. The molecule has 2 saturated heterocycles. The molecule has 0 saturated carbocycles. The Morgan fingerprint density at radius 3 is 2.50 bits per heavy atom. The molecule has 0 aromatic heterocycles. The van der Waals surface area contributed by atoms with Crippen molar-refractivity contribution in [2.45, 2.75) is 58.6 Å². The number of rotatable bonds is 7. The second-order valence-corrected chi connectivity index (χ2v) is 8.50. The summed E-state index contributed by atoms with van der Waals surface area (Å²) in [5, 5.41) is 12.6. The maximum Gasteiger partial charge on any atom is 0.410 e. The lowest BCUT2D eigenvalue weighted by Gasteiger charge is -2.33. The molecular formula is C20H34N4O4. The van der Waals surface area contributed by atoms with Crippen LogP contribution >= 0.6 is 0 Å². The molecule has 0 aromatic carbocycles. The van der Waals surface area contributed by atoms with Crippen molar-refractivity contribution in [2.24, 2.45) is 5.41 Å². The SMILES string of the molecule is CCN1CCC(C#N)(NC(=O)[C@H](CC(C)(C)CC)OC(=O)N2CCOCC2)C1. The predicted molar refractivity (Wildman–Crippen MR) is 105 cm³/mol. The van der Waals surface area contributed by atoms with Gasteiger partial charge in [-0.2, -0.15) is 5.26 Å². The number of hydrogen-bond donors (Lipinski definition) is 1. The van der Waals surface area contributed by atoms with Crippen molar-refractivity contribution in [2.75, 3.05) is 45.9 Å². The second kappa shape index (κ2) is 9.57. The minimum Gasteiger partial charge on any atom is -0.436 e. The molecule has 8 nitrogen and oxygen atoms in total. The Labute approximate surface area is 168 Å². The van der Waals surface area contributed by atoms with Crippen LogP contribution in [0.3, 0.4) is 0 Å². The monoisotopic (exact) mass is 394 g/mol. The highest BCUT2D eigenvalue weighted by Crippen LogP contribution is 2.29. The van der Waals surface area contributed by atoms with E-state index in [0.29, 0.717) is 45.7 Å². The van der Waals surface area contributed by atoms with E-state index in [-0.39, 0.29) is 11.3 Å². The van der Waals surface area contributed by atoms with Crippen molar-refractivity contribution in [3.05, 3.63) is 0 Å². The number of likely N-dealkylation sites (N-methyl/N-ethyl adjacent to an activating group) is 1. The Balaban J connectivity index is 2.10. The first-order valence-corrected chi connectivity index (χ1v) is 10.2. The maximum absolute atomic E-state index is 13.1. The molecule has 2 amide bonds. The molecule has 8 heteroatoms. The van der Waals surface area contributed by atoms with E-state index in [4.69, 9.17) is 9.47 Å². The summed E-state index contributed by atoms with van der Waals surface area (Å²) in [7, 11) is 0. The molecule has 0 aliphatic carbocycles. The topological polar surface area (TPSA) is 94.9 Å². The molecule has 0 spiro atoms. The summed E-state index contributed by atoms with van der Waals surface area (Å²) in [6.45, 7) is 12.1. The molecule has 0 bridgehead atoms. The van der Waals surface area contributed by atoms with Crippen LogP contribution in [0.4, 0.5) is 4.79 Å². The van der Waals surface area contributed by atoms with Gasteiger partial charge < -0.3 is 24.6 Å². The summed E-state index contributed by atoms with van der Waals surface area (Å²) in [5.41, 5.74) is -1.09. The van der Waals surface area contributed by atoms with Gasteiger partial charge >= 0.3 is 6.09 Å². The predicted octanol–water partition coefficient (Wildman–Crippen LogP) is 1.75. The van der Waals surface area contributed by atoms with Crippen LogP contribution in [0.2, 0.25) is 0 Å². The number of carbonyl (C=O) groups is 2. The van der Waals surface area contributed by atoms with Crippen LogP contribution in [0.5, 0.6) is 0 Å². The van der Waals surface area contributed by atoms with Gasteiger partial charge in [0.05, 0.1) is 19.3 Å². The van der Waals surface area contributed by atoms with Crippen molar-refractivity contribution in [1.82, 2.24) is 15.1 Å². The average molecular weight is 395 g/mol. The normalized spacial score (nSPS) is 24.5. The Hall–Kier alpha value is -1.85. The number of morpholine rings is 1. The van der Waals surface area contributed by atoms with E-state index in [2.05, 4.69) is 16.3 Å². The molecule has 158 valence electrons. The Morgan fingerprint density at radius 2 is 1.96 bits per heavy atom. The van der Waals surface area contributed by atoms with Gasteiger partial charge in [-0.05, 0) is 24.8 Å². The number of ether oxygens (including phenoxy) is 2. The Bertz CT molecular complexity index is 598. The molecule has 1 N–H and O–H groups in total. The summed E-state index contributed by atoms with van der Waals surface area (Å²) in [5.74, 6) is -0.386. The van der Waals surface area contributed by atoms with Crippen LogP contribution in [0.25, 0.3) is 0 Å². The summed E-state index contributed by atoms with van der Waals surface area (Å²) >= 11 is 0. The smallest absolute Gasteiger partial charge is 0.410 e. The third-order valence-corrected chi connectivity index (χ3v) is 5.87. The van der Waals surface area contributed by atoms with E-state index in [1.165, 1.54) is 0 Å². The molecule has 0 aromatic rings. The number of nitriles is 1. The molecule has 0 radical (unpaired) electrons. The number of nitrogens with one attached hydrogen (secondary N) is 1. The zero-order chi connectivity index (χ0) is 20.8. The summed E-state index contributed by atoms with van der Waals surface area (Å²) in [6, 6.07) is 2.28. The molecule has 2 heterocycles. The number of carbonyl (C=O) groups excluding carboxylic acids is 2. The van der Waals surface area contributed by atoms with Gasteiger partial charge in [-0.3, -0.25) is 4.79 Å². The highest BCUT2D eigenvalue weighted by atomic mass is 16.6. The average Bonchev–Trinajstić information content (AvgIpc) is 3.11. The lowest BCUT2D eigenvalue weighted by atomic mass is 9.83. The fourth-order valence-corrected chi connectivity index (χ4v) is 3.47. The van der Waals surface area contributed by atoms with Crippen LogP contribution < -0.4 is 5.32 Å². The zero-order valence-electron chi connectivity index (χ0n) is 17.6. The van der Waals surface area contributed by atoms with Crippen LogP contribution in [-0.2, 0) is 14.3 Å². The van der Waals surface area contributed by atoms with Gasteiger partial charge in [0.2, 0.25) is 0 Å². The van der Waals surface area contributed by atoms with E-state index in [1.54, 1.807) is 4.90 Å². The van der Waals surface area contributed by atoms with Gasteiger partial charge in [-0.25, -0.2) is 4.79 Å². The molecule has 2 aliphatic rings. The standard InChI is InChI=1S/C20H34N4O4/c1-5-19(3,4)13-16(28-18(26)24-9-11-27-12-10-24)17(25)22-20(14-21)7-8-23(6-2)15-20/h16H,5-13,15H2,1-4H3,(H,22,25)/t16-,20?/m0/s1. The summed E-state index contributed by atoms with van der Waals surface area (Å²) in [6.07, 6.45) is 0.405. The number of amides is 2. The van der Waals surface area contributed by atoms with Crippen molar-refractivity contribution < 1.29 is 19.1 Å². The van der Waals surface area contributed by atoms with Gasteiger partial charge in [0, 0.05) is 26.2 Å². The van der Waals surface area contributed by atoms with Crippen LogP contribution in [0, 0.1) is 16.7 Å². The minimum absolute atomic E-state index is 0.168. The maximum atomic E-state index is 13.1. The van der Waals surface area contributed by atoms with Crippen LogP contribution in [-0.4, -0.2) is 79.4 Å². The van der Waals surface area contributed by atoms with Gasteiger partial charge in [0.1, 0.15) is 5.54 Å². The van der Waals surface area contributed by atoms with Crippen molar-refractivity contribution in [3.63, 3.8) is 0 Å². The molecule has 28 heavy (non-hydrogen) atoms. The van der Waals surface area contributed by atoms with E-state index < -0.39 is 17.7 Å². The van der Waals surface area contributed by atoms with Crippen molar-refractivity contribution >= 4 is 12.0 Å². The van der Waals surface area contributed by atoms with Gasteiger partial charge in [-0.15, -0.1) is 0 Å². The van der Waals surface area contributed by atoms with Gasteiger partial charge in [-0.1, -0.05) is 34.1 Å². The first-order chi connectivity index (χ1) is 13.2. The molecule has 1 unspecified atom stereocenters. The lowest BCUT2D eigenvalue weighted by Crippen LogP contribution is -2.54. The second-order valence-electron chi connectivity index (χ2n) is 8.50. The minimum atomic E-state index is -0.925. The molecule has 2 rings (SSSR count). The molecule has 2 aliphatic heterocycles. The molecule has 2 atom stereocenters. The van der Waals surface area contributed by atoms with E-state index >= 15 is 0 Å². The third kappa shape index (κ3) is 5.82. The number of likely N-dealkylation sites (tertiary alicyclic amines) is 1. The fourth-order valence-electron chi connectivity index (χ4n) is 3.47. The quantitative estimate of drug-likeness (QED) is 0.707. The van der Waals surface area contributed by atoms with Gasteiger partial charge in [0.25, 0.3) is 5.91 Å². The van der Waals surface area contributed by atoms with Crippen molar-refractivity contribution in [3.8, 4) is 6.07 Å². The van der Waals surface area contributed by atoms with E-state index in [1.807, 2.05) is 27.7 Å². The molecule has 2 fully saturated rings. The highest BCUT2D eigenvalue weighted by Gasteiger charge is 2.42. The van der Waals surface area contributed by atoms with Crippen molar-refractivity contribution in [1.29, 1.82) is 5.26 Å². The lowest BCUT2D eigenvalue weighted by molar-refractivity contribution is -0.133. The summed E-state index contributed by atoms with van der Waals surface area (Å²) < 4.78 is 10.9. The van der Waals surface area contributed by atoms with Crippen LogP contribution in [0.15, 0.2) is 0 Å². The Morgan fingerprint density at radius 1 is 1.29 bits per heavy atom. The molecular weight excluding hydrogens is 360 g/mol. The largest absolute Gasteiger partial charge is 0.436 e. The Kier molecular flexibility index (Phi) is 7.67. The van der Waals surface area contributed by atoms with Crippen LogP contribution in [0.1, 0.15) is 47.0 Å². The first-order valence-electron chi connectivity index (χ1n) is 10.2. The summed E-state index contributed by atoms with van der Waals surface area (Å²) in [4.78, 5) is 29.3. The highest BCUT2D eigenvalue weighted by molar-refractivity contribution is 5.84. The van der Waals surface area contributed by atoms with E-state index in [9.17, 15) is 14.9 Å². The zero-order valence-corrected chi connectivity index (χ0v) is 17.6. The van der Waals surface area contributed by atoms with E-state index in [0.717, 1.165) is 19.5 Å². The number of nitrogens with zero attached hydrogens (tertiary/aromatic N) is 3. The van der Waals surface area contributed by atoms with Gasteiger partial charge in [0.15, 0.2) is 6.10 Å². The third-order valence-electron chi connectivity index (χ3n) is 5.87. The first kappa shape index (κ1) is 22.4.